The van der Waals surface area contributed by atoms with E-state index in [9.17, 15) is 9.90 Å². The summed E-state index contributed by atoms with van der Waals surface area (Å²) in [6.45, 7) is 6.14. The van der Waals surface area contributed by atoms with Crippen LogP contribution in [0.1, 0.15) is 52.1 Å². The van der Waals surface area contributed by atoms with Crippen LogP contribution in [0.5, 0.6) is 0 Å². The van der Waals surface area contributed by atoms with Crippen LogP contribution < -0.4 is 10.6 Å². The second-order valence-corrected chi connectivity index (χ2v) is 6.78. The minimum absolute atomic E-state index is 0.0327. The van der Waals surface area contributed by atoms with Crippen molar-refractivity contribution < 1.29 is 9.90 Å². The van der Waals surface area contributed by atoms with Crippen molar-refractivity contribution in [1.29, 1.82) is 0 Å². The van der Waals surface area contributed by atoms with Crippen molar-refractivity contribution in [2.75, 3.05) is 11.9 Å². The zero-order valence-corrected chi connectivity index (χ0v) is 12.9. The molecule has 2 rings (SSSR count). The highest BCUT2D eigenvalue weighted by atomic mass is 16.3. The number of aromatic nitrogens is 2. The predicted octanol–water partition coefficient (Wildman–Crippen LogP) is 2.20. The zero-order valence-electron chi connectivity index (χ0n) is 12.9. The van der Waals surface area contributed by atoms with Gasteiger partial charge in [-0.1, -0.05) is 33.6 Å². The Labute approximate surface area is 125 Å². The van der Waals surface area contributed by atoms with E-state index in [4.69, 9.17) is 0 Å². The van der Waals surface area contributed by atoms with E-state index in [0.717, 1.165) is 31.4 Å². The van der Waals surface area contributed by atoms with Crippen LogP contribution in [0.2, 0.25) is 0 Å². The molecule has 116 valence electrons. The van der Waals surface area contributed by atoms with Crippen LogP contribution in [0.25, 0.3) is 0 Å². The third-order valence-electron chi connectivity index (χ3n) is 3.92. The molecule has 0 unspecified atom stereocenters. The molecule has 0 bridgehead atoms. The number of rotatable bonds is 3. The van der Waals surface area contributed by atoms with Crippen molar-refractivity contribution in [2.45, 2.75) is 57.4 Å². The van der Waals surface area contributed by atoms with Gasteiger partial charge in [0.1, 0.15) is 0 Å². The summed E-state index contributed by atoms with van der Waals surface area (Å²) in [7, 11) is 0. The van der Waals surface area contributed by atoms with E-state index < -0.39 is 5.54 Å². The lowest BCUT2D eigenvalue weighted by molar-refractivity contribution is 0.167. The Morgan fingerprint density at radius 1 is 1.29 bits per heavy atom. The molecule has 0 spiro atoms. The molecule has 0 aromatic carbocycles. The normalized spacial score (nSPS) is 17.5. The molecule has 21 heavy (non-hydrogen) atoms. The van der Waals surface area contributed by atoms with Gasteiger partial charge in [0.25, 0.3) is 0 Å². The molecule has 3 N–H and O–H groups in total. The first-order valence-electron chi connectivity index (χ1n) is 7.39. The molecule has 1 aliphatic carbocycles. The van der Waals surface area contributed by atoms with Crippen LogP contribution >= 0.6 is 0 Å². The number of aliphatic hydroxyl groups excluding tert-OH is 1. The number of urea groups is 1. The van der Waals surface area contributed by atoms with Crippen LogP contribution in [-0.2, 0) is 5.41 Å². The Morgan fingerprint density at radius 3 is 2.43 bits per heavy atom. The van der Waals surface area contributed by atoms with Crippen molar-refractivity contribution >= 4 is 11.8 Å². The summed E-state index contributed by atoms with van der Waals surface area (Å²) in [5.74, 6) is 0.409. The fourth-order valence-electron chi connectivity index (χ4n) is 2.56. The van der Waals surface area contributed by atoms with Crippen LogP contribution in [0, 0.1) is 0 Å². The molecule has 2 amide bonds. The number of hydrogen-bond acceptors (Lipinski definition) is 4. The smallest absolute Gasteiger partial charge is 0.320 e. The average Bonchev–Trinajstić information content (AvgIpc) is 2.87. The third-order valence-corrected chi connectivity index (χ3v) is 3.92. The molecule has 1 aliphatic rings. The highest BCUT2D eigenvalue weighted by Crippen LogP contribution is 2.29. The van der Waals surface area contributed by atoms with Crippen molar-refractivity contribution in [3.05, 3.63) is 17.8 Å². The second kappa shape index (κ2) is 5.97. The van der Waals surface area contributed by atoms with Gasteiger partial charge < -0.3 is 10.4 Å². The molecular formula is C15H24N4O2. The minimum Gasteiger partial charge on any atom is -0.394 e. The standard InChI is InChI=1S/C15H24N4O2/c1-14(2,3)11-6-7-12(19-18-11)16-13(21)17-15(10-20)8-4-5-9-15/h6-7,20H,4-5,8-10H2,1-3H3,(H2,16,17,19,21). The molecule has 0 aliphatic heterocycles. The van der Waals surface area contributed by atoms with Crippen LogP contribution in [0.15, 0.2) is 12.1 Å². The fourth-order valence-corrected chi connectivity index (χ4v) is 2.56. The first kappa shape index (κ1) is 15.7. The number of anilines is 1. The van der Waals surface area contributed by atoms with Gasteiger partial charge in [0.15, 0.2) is 5.82 Å². The van der Waals surface area contributed by atoms with Crippen LogP contribution in [0.4, 0.5) is 10.6 Å². The quantitative estimate of drug-likeness (QED) is 0.797. The van der Waals surface area contributed by atoms with Gasteiger partial charge in [0.05, 0.1) is 17.8 Å². The van der Waals surface area contributed by atoms with Gasteiger partial charge in [-0.3, -0.25) is 5.32 Å². The number of aliphatic hydroxyl groups is 1. The Bertz CT molecular complexity index is 487. The van der Waals surface area contributed by atoms with E-state index in [1.54, 1.807) is 6.07 Å². The molecule has 6 nitrogen and oxygen atoms in total. The van der Waals surface area contributed by atoms with Gasteiger partial charge >= 0.3 is 6.03 Å². The number of carbonyl (C=O) groups is 1. The summed E-state index contributed by atoms with van der Waals surface area (Å²) >= 11 is 0. The maximum absolute atomic E-state index is 12.0. The molecule has 0 atom stereocenters. The van der Waals surface area contributed by atoms with E-state index in [1.165, 1.54) is 0 Å². The lowest BCUT2D eigenvalue weighted by atomic mass is 9.92. The Morgan fingerprint density at radius 2 is 1.95 bits per heavy atom. The van der Waals surface area contributed by atoms with Crippen molar-refractivity contribution in [3.63, 3.8) is 0 Å². The summed E-state index contributed by atoms with van der Waals surface area (Å²) in [5.41, 5.74) is 0.317. The van der Waals surface area contributed by atoms with Gasteiger partial charge in [-0.2, -0.15) is 5.10 Å². The van der Waals surface area contributed by atoms with E-state index in [2.05, 4.69) is 41.6 Å². The first-order valence-corrected chi connectivity index (χ1v) is 7.39. The van der Waals surface area contributed by atoms with Gasteiger partial charge in [-0.05, 0) is 25.0 Å². The van der Waals surface area contributed by atoms with Gasteiger partial charge in [0, 0.05) is 5.41 Å². The van der Waals surface area contributed by atoms with Crippen molar-refractivity contribution in [3.8, 4) is 0 Å². The van der Waals surface area contributed by atoms with E-state index >= 15 is 0 Å². The monoisotopic (exact) mass is 292 g/mol. The highest BCUT2D eigenvalue weighted by Gasteiger charge is 2.34. The number of nitrogens with zero attached hydrogens (tertiary/aromatic N) is 2. The number of nitrogens with one attached hydrogen (secondary N) is 2. The molecule has 0 radical (unpaired) electrons. The molecule has 6 heteroatoms. The summed E-state index contributed by atoms with van der Waals surface area (Å²) in [6, 6.07) is 3.26. The fraction of sp³-hybridized carbons (Fsp3) is 0.667. The van der Waals surface area contributed by atoms with Crippen LogP contribution in [0.3, 0.4) is 0 Å². The molecule has 1 aromatic heterocycles. The second-order valence-electron chi connectivity index (χ2n) is 6.78. The summed E-state index contributed by atoms with van der Waals surface area (Å²) < 4.78 is 0. The SMILES string of the molecule is CC(C)(C)c1ccc(NC(=O)NC2(CO)CCCC2)nn1. The number of hydrogen-bond donors (Lipinski definition) is 3. The Hall–Kier alpha value is -1.69. The first-order chi connectivity index (χ1) is 9.85. The highest BCUT2D eigenvalue weighted by molar-refractivity contribution is 5.88. The molecule has 0 saturated heterocycles. The van der Waals surface area contributed by atoms with Gasteiger partial charge in [-0.15, -0.1) is 5.10 Å². The summed E-state index contributed by atoms with van der Waals surface area (Å²) in [4.78, 5) is 12.0. The number of carbonyl (C=O) groups excluding carboxylic acids is 1. The van der Waals surface area contributed by atoms with Gasteiger partial charge in [0.2, 0.25) is 0 Å². The van der Waals surface area contributed by atoms with Gasteiger partial charge in [-0.25, -0.2) is 4.79 Å². The molecule has 1 saturated carbocycles. The Kier molecular flexibility index (Phi) is 4.46. The third kappa shape index (κ3) is 3.91. The molecule has 1 heterocycles. The Balaban J connectivity index is 1.96. The summed E-state index contributed by atoms with van der Waals surface area (Å²) in [5, 5.41) is 23.2. The summed E-state index contributed by atoms with van der Waals surface area (Å²) in [6.07, 6.45) is 3.68. The van der Waals surface area contributed by atoms with E-state index in [1.807, 2.05) is 6.07 Å². The maximum atomic E-state index is 12.0. The predicted molar refractivity (Wildman–Crippen MR) is 81.2 cm³/mol. The lowest BCUT2D eigenvalue weighted by Gasteiger charge is -2.27. The molecule has 1 fully saturated rings. The number of amides is 2. The van der Waals surface area contributed by atoms with E-state index in [-0.39, 0.29) is 18.1 Å². The molecular weight excluding hydrogens is 268 g/mol. The zero-order chi connectivity index (χ0) is 15.5. The van der Waals surface area contributed by atoms with Crippen molar-refractivity contribution in [2.24, 2.45) is 0 Å². The topological polar surface area (TPSA) is 87.1 Å². The lowest BCUT2D eigenvalue weighted by Crippen LogP contribution is -2.50. The largest absolute Gasteiger partial charge is 0.394 e. The maximum Gasteiger partial charge on any atom is 0.320 e. The van der Waals surface area contributed by atoms with Crippen LogP contribution in [-0.4, -0.2) is 33.5 Å². The van der Waals surface area contributed by atoms with Crippen molar-refractivity contribution in [1.82, 2.24) is 15.5 Å². The minimum atomic E-state index is -0.483. The van der Waals surface area contributed by atoms with E-state index in [0.29, 0.717) is 5.82 Å². The average molecular weight is 292 g/mol. The molecule has 1 aromatic rings.